The number of hydrogen-bond acceptors (Lipinski definition) is 11. The highest BCUT2D eigenvalue weighted by Gasteiger charge is 2.31. The lowest BCUT2D eigenvalue weighted by atomic mass is 9.81. The Morgan fingerprint density at radius 1 is 0.642 bits per heavy atom. The van der Waals surface area contributed by atoms with Gasteiger partial charge in [0.15, 0.2) is 6.10 Å². The highest BCUT2D eigenvalue weighted by Crippen LogP contribution is 2.38. The summed E-state index contributed by atoms with van der Waals surface area (Å²) in [7, 11) is -4.87. The molecular formula is C53H90N2O11P-. The van der Waals surface area contributed by atoms with Gasteiger partial charge in [0.1, 0.15) is 6.61 Å². The Labute approximate surface area is 405 Å². The number of allylic oxidation sites excluding steroid dienone is 4. The molecule has 0 radical (unpaired) electrons. The number of unbranched alkanes of at least 4 members (excludes halogenated alkanes) is 22. The normalized spacial score (nSPS) is 17.7. The molecule has 1 saturated carbocycles. The molecule has 2 rings (SSSR count). The van der Waals surface area contributed by atoms with Gasteiger partial charge in [0.05, 0.1) is 13.2 Å². The summed E-state index contributed by atoms with van der Waals surface area (Å²) in [5.41, 5.74) is 0. The molecule has 1 fully saturated rings. The third kappa shape index (κ3) is 32.3. The van der Waals surface area contributed by atoms with Gasteiger partial charge in [-0.25, -0.2) is 0 Å². The molecule has 0 aromatic carbocycles. The van der Waals surface area contributed by atoms with Gasteiger partial charge in [-0.3, -0.25) is 33.4 Å². The fraction of sp³-hybridized carbons (Fsp3) is 0.792. The Hall–Kier alpha value is -3.12. The molecule has 384 valence electrons. The van der Waals surface area contributed by atoms with E-state index in [9.17, 15) is 33.4 Å². The SMILES string of the molecule is CCCCCCCC/C=C\CCCCCCCC(=O)OC[C@H](COP(=O)([O-])OCCNC(=O)C1CCC(CN2C(=O)C=CC2=O)CC1)OC(=O)CCCCCCC/C=C\CCCCCCCC. The predicted octanol–water partition coefficient (Wildman–Crippen LogP) is 11.9. The predicted molar refractivity (Wildman–Crippen MR) is 264 cm³/mol. The lowest BCUT2D eigenvalue weighted by Gasteiger charge is -2.30. The van der Waals surface area contributed by atoms with Gasteiger partial charge in [-0.2, -0.15) is 0 Å². The number of carbonyl (C=O) groups is 5. The minimum Gasteiger partial charge on any atom is -0.756 e. The largest absolute Gasteiger partial charge is 0.756 e. The van der Waals surface area contributed by atoms with Crippen molar-refractivity contribution in [3.05, 3.63) is 36.5 Å². The summed E-state index contributed by atoms with van der Waals surface area (Å²) < 4.78 is 33.7. The van der Waals surface area contributed by atoms with Crippen LogP contribution in [0, 0.1) is 11.8 Å². The van der Waals surface area contributed by atoms with Crippen molar-refractivity contribution in [2.45, 2.75) is 225 Å². The molecule has 13 nitrogen and oxygen atoms in total. The number of amides is 3. The zero-order valence-corrected chi connectivity index (χ0v) is 42.6. The average molecular weight is 962 g/mol. The number of hydrogen-bond donors (Lipinski definition) is 1. The minimum atomic E-state index is -4.87. The van der Waals surface area contributed by atoms with Gasteiger partial charge in [-0.1, -0.05) is 141 Å². The molecular weight excluding hydrogens is 872 g/mol. The van der Waals surface area contributed by atoms with E-state index in [1.54, 1.807) is 0 Å². The van der Waals surface area contributed by atoms with Gasteiger partial charge in [0.25, 0.3) is 19.6 Å². The van der Waals surface area contributed by atoms with E-state index >= 15 is 0 Å². The highest BCUT2D eigenvalue weighted by atomic mass is 31.2. The lowest BCUT2D eigenvalue weighted by molar-refractivity contribution is -0.228. The van der Waals surface area contributed by atoms with Gasteiger partial charge in [-0.05, 0) is 95.8 Å². The maximum Gasteiger partial charge on any atom is 0.306 e. The zero-order chi connectivity index (χ0) is 48.6. The van der Waals surface area contributed by atoms with E-state index in [4.69, 9.17) is 18.5 Å². The fourth-order valence-corrected chi connectivity index (χ4v) is 9.20. The summed E-state index contributed by atoms with van der Waals surface area (Å²) in [5.74, 6) is -1.96. The van der Waals surface area contributed by atoms with E-state index in [0.29, 0.717) is 45.1 Å². The first-order valence-corrected chi connectivity index (χ1v) is 28.1. The number of rotatable bonds is 43. The molecule has 0 saturated heterocycles. The molecule has 67 heavy (non-hydrogen) atoms. The molecule has 14 heteroatoms. The van der Waals surface area contributed by atoms with Crippen LogP contribution in [0.5, 0.6) is 0 Å². The number of nitrogens with one attached hydrogen (secondary N) is 1. The van der Waals surface area contributed by atoms with Gasteiger partial charge in [0.2, 0.25) is 5.91 Å². The Balaban J connectivity index is 1.69. The lowest BCUT2D eigenvalue weighted by Crippen LogP contribution is -2.39. The zero-order valence-electron chi connectivity index (χ0n) is 41.7. The van der Waals surface area contributed by atoms with E-state index in [2.05, 4.69) is 43.5 Å². The van der Waals surface area contributed by atoms with E-state index < -0.39 is 32.5 Å². The molecule has 0 bridgehead atoms. The monoisotopic (exact) mass is 962 g/mol. The van der Waals surface area contributed by atoms with Crippen molar-refractivity contribution in [1.29, 1.82) is 0 Å². The van der Waals surface area contributed by atoms with Crippen molar-refractivity contribution in [1.82, 2.24) is 10.2 Å². The maximum absolute atomic E-state index is 12.8. The van der Waals surface area contributed by atoms with E-state index in [1.165, 1.54) is 94.1 Å². The van der Waals surface area contributed by atoms with Crippen LogP contribution in [0.1, 0.15) is 219 Å². The van der Waals surface area contributed by atoms with E-state index in [1.807, 2.05) is 0 Å². The van der Waals surface area contributed by atoms with Crippen LogP contribution < -0.4 is 10.2 Å². The summed E-state index contributed by atoms with van der Waals surface area (Å²) in [6.45, 7) is 3.45. The molecule has 2 atom stereocenters. The third-order valence-corrected chi connectivity index (χ3v) is 13.6. The number of carbonyl (C=O) groups excluding carboxylic acids is 5. The summed E-state index contributed by atoms with van der Waals surface area (Å²) >= 11 is 0. The highest BCUT2D eigenvalue weighted by molar-refractivity contribution is 7.45. The first-order valence-electron chi connectivity index (χ1n) is 26.6. The van der Waals surface area contributed by atoms with Gasteiger partial charge < -0.3 is 28.7 Å². The van der Waals surface area contributed by atoms with Gasteiger partial charge in [0, 0.05) is 44.0 Å². The smallest absolute Gasteiger partial charge is 0.306 e. The van der Waals surface area contributed by atoms with Crippen molar-refractivity contribution >= 4 is 37.5 Å². The first-order chi connectivity index (χ1) is 32.5. The molecule has 1 N–H and O–H groups in total. The molecule has 1 aliphatic heterocycles. The number of nitrogens with zero attached hydrogens (tertiary/aromatic N) is 1. The van der Waals surface area contributed by atoms with Crippen LogP contribution in [-0.4, -0.2) is 73.6 Å². The van der Waals surface area contributed by atoms with Crippen molar-refractivity contribution in [3.63, 3.8) is 0 Å². The summed E-state index contributed by atoms with van der Waals surface area (Å²) in [4.78, 5) is 75.9. The van der Waals surface area contributed by atoms with Crippen LogP contribution in [0.4, 0.5) is 0 Å². The van der Waals surface area contributed by atoms with Crippen LogP contribution >= 0.6 is 7.82 Å². The topological polar surface area (TPSA) is 178 Å². The quantitative estimate of drug-likeness (QED) is 0.0202. The molecule has 3 amide bonds. The summed E-state index contributed by atoms with van der Waals surface area (Å²) in [5, 5.41) is 2.71. The Morgan fingerprint density at radius 2 is 1.09 bits per heavy atom. The second-order valence-electron chi connectivity index (χ2n) is 18.7. The van der Waals surface area contributed by atoms with Crippen molar-refractivity contribution in [2.75, 3.05) is 32.9 Å². The average Bonchev–Trinajstić information content (AvgIpc) is 3.63. The second-order valence-corrected chi connectivity index (χ2v) is 20.1. The second kappa shape index (κ2) is 39.7. The fourth-order valence-electron chi connectivity index (χ4n) is 8.46. The molecule has 1 heterocycles. The standard InChI is InChI=1S/C53H91N2O11P/c1-3-5-7-9-11-13-15-17-19-21-23-25-27-29-31-33-51(58)63-44-48(66-52(59)34-32-30-28-26-24-22-20-18-16-14-12-10-8-6-4-2)45-65-67(61,62)64-42-41-54-53(60)47-37-35-46(36-38-47)43-55-49(56)39-40-50(55)57/h17-20,39-40,46-48H,3-16,21-38,41-45H2,1-2H3,(H,54,60)(H,61,62)/p-1/b19-17-,20-18-/t46?,47?,48-/m1/s1. The number of ether oxygens (including phenoxy) is 2. The Morgan fingerprint density at radius 3 is 1.58 bits per heavy atom. The van der Waals surface area contributed by atoms with Crippen molar-refractivity contribution in [3.8, 4) is 0 Å². The van der Waals surface area contributed by atoms with Crippen molar-refractivity contribution < 1.29 is 52.0 Å². The van der Waals surface area contributed by atoms with Crippen LogP contribution in [0.25, 0.3) is 0 Å². The number of esters is 2. The first kappa shape index (κ1) is 60.0. The van der Waals surface area contributed by atoms with Crippen LogP contribution in [0.3, 0.4) is 0 Å². The molecule has 0 aromatic heterocycles. The molecule has 2 aliphatic rings. The van der Waals surface area contributed by atoms with Crippen LogP contribution in [0.2, 0.25) is 0 Å². The summed E-state index contributed by atoms with van der Waals surface area (Å²) in [6.07, 6.45) is 43.1. The maximum atomic E-state index is 12.8. The van der Waals surface area contributed by atoms with Gasteiger partial charge in [-0.15, -0.1) is 0 Å². The third-order valence-electron chi connectivity index (χ3n) is 12.6. The van der Waals surface area contributed by atoms with Gasteiger partial charge >= 0.3 is 11.9 Å². The molecule has 1 unspecified atom stereocenters. The van der Waals surface area contributed by atoms with Crippen LogP contribution in [0.15, 0.2) is 36.5 Å². The number of imide groups is 1. The van der Waals surface area contributed by atoms with E-state index in [0.717, 1.165) is 77.0 Å². The van der Waals surface area contributed by atoms with Crippen LogP contribution in [-0.2, 0) is 47.1 Å². The van der Waals surface area contributed by atoms with E-state index in [-0.39, 0.29) is 62.2 Å². The minimum absolute atomic E-state index is 0.0703. The molecule has 0 aromatic rings. The Bertz CT molecular complexity index is 1470. The number of phosphoric acid groups is 1. The van der Waals surface area contributed by atoms with Crippen molar-refractivity contribution in [2.24, 2.45) is 11.8 Å². The Kier molecular flexibility index (Phi) is 35.6. The molecule has 1 aliphatic carbocycles. The summed E-state index contributed by atoms with van der Waals surface area (Å²) in [6, 6.07) is 0. The number of phosphoric ester groups is 1. The molecule has 0 spiro atoms.